The third-order valence-electron chi connectivity index (χ3n) is 5.05. The van der Waals surface area contributed by atoms with Gasteiger partial charge in [0.1, 0.15) is 17.9 Å². The van der Waals surface area contributed by atoms with Crippen molar-refractivity contribution in [1.29, 1.82) is 0 Å². The number of anilines is 2. The minimum absolute atomic E-state index is 0.00359. The Morgan fingerprint density at radius 2 is 2.04 bits per heavy atom. The van der Waals surface area contributed by atoms with E-state index in [4.69, 9.17) is 0 Å². The summed E-state index contributed by atoms with van der Waals surface area (Å²) in [7, 11) is 0. The highest BCUT2D eigenvalue weighted by Gasteiger charge is 2.38. The predicted molar refractivity (Wildman–Crippen MR) is 96.7 cm³/mol. The van der Waals surface area contributed by atoms with Gasteiger partial charge >= 0.3 is 5.97 Å². The van der Waals surface area contributed by atoms with Gasteiger partial charge in [-0.25, -0.2) is 14.2 Å². The molecule has 1 unspecified atom stereocenters. The van der Waals surface area contributed by atoms with Crippen LogP contribution in [0.15, 0.2) is 36.5 Å². The fourth-order valence-electron chi connectivity index (χ4n) is 3.58. The number of aliphatic hydroxyl groups is 1. The van der Waals surface area contributed by atoms with Crippen molar-refractivity contribution >= 4 is 17.5 Å². The minimum atomic E-state index is -1.01. The van der Waals surface area contributed by atoms with E-state index in [9.17, 15) is 19.4 Å². The van der Waals surface area contributed by atoms with E-state index in [2.05, 4.69) is 10.3 Å². The topological polar surface area (TPSA) is 85.7 Å². The van der Waals surface area contributed by atoms with Gasteiger partial charge in [-0.1, -0.05) is 6.92 Å². The van der Waals surface area contributed by atoms with Crippen LogP contribution in [-0.2, 0) is 0 Å². The molecule has 0 saturated carbocycles. The van der Waals surface area contributed by atoms with Crippen molar-refractivity contribution in [2.45, 2.75) is 39.1 Å². The van der Waals surface area contributed by atoms with Crippen LogP contribution in [0.1, 0.15) is 42.7 Å². The summed E-state index contributed by atoms with van der Waals surface area (Å²) in [5.41, 5.74) is 1.72. The highest BCUT2D eigenvalue weighted by Crippen LogP contribution is 2.43. The van der Waals surface area contributed by atoms with Gasteiger partial charge in [-0.05, 0) is 49.7 Å². The number of aliphatic hydroxyl groups excluding tert-OH is 1. The molecule has 0 saturated heterocycles. The van der Waals surface area contributed by atoms with E-state index >= 15 is 0 Å². The summed E-state index contributed by atoms with van der Waals surface area (Å²) in [4.78, 5) is 17.3. The molecule has 1 aliphatic heterocycles. The molecular weight excluding hydrogens is 337 g/mol. The van der Waals surface area contributed by atoms with Gasteiger partial charge in [0, 0.05) is 17.6 Å². The van der Waals surface area contributed by atoms with Crippen molar-refractivity contribution in [3.8, 4) is 0 Å². The van der Waals surface area contributed by atoms with Crippen molar-refractivity contribution < 1.29 is 19.4 Å². The highest BCUT2D eigenvalue weighted by molar-refractivity contribution is 5.89. The number of nitrogens with zero attached hydrogens (tertiary/aromatic N) is 2. The molecule has 0 radical (unpaired) electrons. The molecule has 1 aromatic carbocycles. The van der Waals surface area contributed by atoms with Crippen molar-refractivity contribution in [1.82, 2.24) is 4.98 Å². The van der Waals surface area contributed by atoms with Gasteiger partial charge in [0.25, 0.3) is 0 Å². The van der Waals surface area contributed by atoms with Crippen LogP contribution in [-0.4, -0.2) is 33.4 Å². The quantitative estimate of drug-likeness (QED) is 0.777. The second kappa shape index (κ2) is 6.92. The summed E-state index contributed by atoms with van der Waals surface area (Å²) in [5.74, 6) is -0.892. The maximum absolute atomic E-state index is 13.1. The molecule has 0 aliphatic carbocycles. The lowest BCUT2D eigenvalue weighted by atomic mass is 9.82. The molecule has 1 aliphatic rings. The lowest BCUT2D eigenvalue weighted by molar-refractivity contribution is 0.0696. The van der Waals surface area contributed by atoms with Gasteiger partial charge in [0.2, 0.25) is 0 Å². The van der Waals surface area contributed by atoms with Crippen LogP contribution in [0, 0.1) is 11.7 Å². The number of hydrogen-bond acceptors (Lipinski definition) is 5. The molecule has 3 rings (SSSR count). The van der Waals surface area contributed by atoms with Crippen molar-refractivity contribution in [3.05, 3.63) is 53.5 Å². The Hall–Kier alpha value is -2.67. The zero-order chi connectivity index (χ0) is 19.0. The lowest BCUT2D eigenvalue weighted by Crippen LogP contribution is -2.50. The minimum Gasteiger partial charge on any atom is -0.478 e. The van der Waals surface area contributed by atoms with Crippen LogP contribution in [0.4, 0.5) is 15.9 Å². The molecule has 7 heteroatoms. The molecule has 4 atom stereocenters. The van der Waals surface area contributed by atoms with Crippen LogP contribution < -0.4 is 10.2 Å². The Balaban J connectivity index is 2.08. The number of pyridine rings is 1. The third-order valence-corrected chi connectivity index (χ3v) is 5.05. The second-order valence-corrected chi connectivity index (χ2v) is 6.70. The van der Waals surface area contributed by atoms with Crippen LogP contribution in [0.25, 0.3) is 0 Å². The summed E-state index contributed by atoms with van der Waals surface area (Å²) < 4.78 is 13.1. The second-order valence-electron chi connectivity index (χ2n) is 6.70. The highest BCUT2D eigenvalue weighted by atomic mass is 19.1. The molecule has 0 bridgehead atoms. The number of halogens is 1. The van der Waals surface area contributed by atoms with E-state index in [0.717, 1.165) is 17.4 Å². The van der Waals surface area contributed by atoms with Gasteiger partial charge in [-0.15, -0.1) is 0 Å². The van der Waals surface area contributed by atoms with Gasteiger partial charge in [0.15, 0.2) is 0 Å². The van der Waals surface area contributed by atoms with E-state index in [1.54, 1.807) is 25.1 Å². The van der Waals surface area contributed by atoms with E-state index in [1.165, 1.54) is 12.1 Å². The molecule has 0 fully saturated rings. The van der Waals surface area contributed by atoms with Gasteiger partial charge in [-0.3, -0.25) is 0 Å². The smallest absolute Gasteiger partial charge is 0.335 e. The average Bonchev–Trinajstić information content (AvgIpc) is 2.60. The third kappa shape index (κ3) is 3.22. The van der Waals surface area contributed by atoms with E-state index in [1.807, 2.05) is 18.7 Å². The van der Waals surface area contributed by atoms with Crippen molar-refractivity contribution in [2.24, 2.45) is 5.92 Å². The van der Waals surface area contributed by atoms with Crippen LogP contribution in [0.2, 0.25) is 0 Å². The molecule has 6 nitrogen and oxygen atoms in total. The van der Waals surface area contributed by atoms with Crippen LogP contribution >= 0.6 is 0 Å². The summed E-state index contributed by atoms with van der Waals surface area (Å²) >= 11 is 0. The molecule has 3 N–H and O–H groups in total. The fraction of sp³-hybridized carbons (Fsp3) is 0.368. The molecule has 0 amide bonds. The number of nitrogens with one attached hydrogen (secondary N) is 1. The van der Waals surface area contributed by atoms with Crippen LogP contribution in [0.3, 0.4) is 0 Å². The van der Waals surface area contributed by atoms with Crippen molar-refractivity contribution in [3.63, 3.8) is 0 Å². The fourth-order valence-corrected chi connectivity index (χ4v) is 3.58. The van der Waals surface area contributed by atoms with Gasteiger partial charge in [-0.2, -0.15) is 0 Å². The Bertz CT molecular complexity index is 810. The predicted octanol–water partition coefficient (Wildman–Crippen LogP) is 3.26. The first kappa shape index (κ1) is 18.1. The number of fused-ring (bicyclic) bond motifs is 1. The number of aromatic carboxylic acids is 1. The van der Waals surface area contributed by atoms with Crippen molar-refractivity contribution in [2.75, 3.05) is 10.2 Å². The first-order valence-corrected chi connectivity index (χ1v) is 8.51. The molecular formula is C19H22FN3O3. The number of hydrogen-bond donors (Lipinski definition) is 3. The Morgan fingerprint density at radius 3 is 2.62 bits per heavy atom. The molecule has 1 aromatic heterocycles. The number of rotatable bonds is 4. The Labute approximate surface area is 151 Å². The Kier molecular flexibility index (Phi) is 4.82. The first-order valence-electron chi connectivity index (χ1n) is 8.51. The van der Waals surface area contributed by atoms with Crippen LogP contribution in [0.5, 0.6) is 0 Å². The number of benzene rings is 1. The molecule has 2 aromatic rings. The molecule has 138 valence electrons. The standard InChI is InChI=1S/C19H22FN3O3/c1-10-11(2)23(12(3)24)16-6-4-13(19(25)26)8-15(16)18(10)22-17-7-5-14(20)9-21-17/h4-12,18,24H,1-3H3,(H,21,22)(H,25,26)/t10-,11-,12?,18+/m0/s1. The number of carboxylic acid groups (broad SMARTS) is 1. The summed E-state index contributed by atoms with van der Waals surface area (Å²) in [6.07, 6.45) is 0.419. The van der Waals surface area contributed by atoms with E-state index < -0.39 is 18.0 Å². The molecule has 2 heterocycles. The number of carbonyl (C=O) groups is 1. The summed E-state index contributed by atoms with van der Waals surface area (Å²) in [6.45, 7) is 5.73. The van der Waals surface area contributed by atoms with Gasteiger partial charge < -0.3 is 20.4 Å². The molecule has 0 spiro atoms. The van der Waals surface area contributed by atoms with E-state index in [0.29, 0.717) is 5.82 Å². The van der Waals surface area contributed by atoms with E-state index in [-0.39, 0.29) is 23.6 Å². The summed E-state index contributed by atoms with van der Waals surface area (Å²) in [6, 6.07) is 7.52. The molecule has 26 heavy (non-hydrogen) atoms. The maximum atomic E-state index is 13.1. The lowest BCUT2D eigenvalue weighted by Gasteiger charge is -2.46. The monoisotopic (exact) mass is 359 g/mol. The number of carboxylic acids is 1. The zero-order valence-corrected chi connectivity index (χ0v) is 14.8. The summed E-state index contributed by atoms with van der Waals surface area (Å²) in [5, 5.41) is 22.9. The maximum Gasteiger partial charge on any atom is 0.335 e. The average molecular weight is 359 g/mol. The van der Waals surface area contributed by atoms with Gasteiger partial charge in [0.05, 0.1) is 17.8 Å². The largest absolute Gasteiger partial charge is 0.478 e. The Morgan fingerprint density at radius 1 is 1.31 bits per heavy atom. The number of aromatic nitrogens is 1. The zero-order valence-electron chi connectivity index (χ0n) is 14.8. The SMILES string of the molecule is CC(O)N1c2ccc(C(=O)O)cc2[C@H](Nc2ccc(F)cn2)[C@@H](C)[C@@H]1C. The normalized spacial score (nSPS) is 23.3. The first-order chi connectivity index (χ1) is 12.3.